The first kappa shape index (κ1) is 13.2. The zero-order chi connectivity index (χ0) is 15.2. The smallest absolute Gasteiger partial charge is 0.369 e. The summed E-state index contributed by atoms with van der Waals surface area (Å²) >= 11 is 0. The largest absolute Gasteiger partial charge is 0.418 e. The van der Waals surface area contributed by atoms with Gasteiger partial charge in [-0.15, -0.1) is 0 Å². The first-order valence-electron chi connectivity index (χ1n) is 5.92. The fraction of sp³-hybridized carbons (Fsp3) is 0.0769. The lowest BCUT2D eigenvalue weighted by atomic mass is 10.1. The van der Waals surface area contributed by atoms with E-state index < -0.39 is 17.3 Å². The zero-order valence-corrected chi connectivity index (χ0v) is 10.5. The molecule has 108 valence electrons. The number of halogens is 3. The van der Waals surface area contributed by atoms with Gasteiger partial charge in [0.05, 0.1) is 11.3 Å². The van der Waals surface area contributed by atoms with Gasteiger partial charge in [-0.1, -0.05) is 12.1 Å². The molecule has 2 aromatic heterocycles. The number of pyridine rings is 1. The zero-order valence-electron chi connectivity index (χ0n) is 10.5. The molecule has 0 aliphatic rings. The van der Waals surface area contributed by atoms with Gasteiger partial charge in [0.25, 0.3) is 0 Å². The van der Waals surface area contributed by atoms with Crippen LogP contribution in [-0.2, 0) is 6.18 Å². The van der Waals surface area contributed by atoms with Crippen LogP contribution in [0.5, 0.6) is 0 Å². The Hall–Kier alpha value is -2.77. The number of aromatic nitrogens is 3. The van der Waals surface area contributed by atoms with Gasteiger partial charge in [0.1, 0.15) is 11.2 Å². The van der Waals surface area contributed by atoms with Crippen LogP contribution < -0.4 is 11.3 Å². The van der Waals surface area contributed by atoms with Crippen LogP contribution in [0.25, 0.3) is 16.9 Å². The fourth-order valence-corrected chi connectivity index (χ4v) is 2.16. The molecule has 3 rings (SSSR count). The molecule has 0 aliphatic heterocycles. The van der Waals surface area contributed by atoms with Crippen molar-refractivity contribution in [1.82, 2.24) is 14.5 Å². The van der Waals surface area contributed by atoms with Crippen molar-refractivity contribution < 1.29 is 13.2 Å². The number of benzene rings is 1. The van der Waals surface area contributed by atoms with E-state index in [2.05, 4.69) is 9.97 Å². The molecular weight excluding hydrogens is 285 g/mol. The number of nitrogen functional groups attached to an aromatic ring is 1. The number of nitrogens with one attached hydrogen (secondary N) is 1. The SMILES string of the molecule is Nc1nc2ccc(=O)[nH]c2n1-c1ccccc1C(F)(F)F. The molecule has 2 heterocycles. The molecule has 0 spiro atoms. The van der Waals surface area contributed by atoms with Gasteiger partial charge in [-0.2, -0.15) is 13.2 Å². The number of rotatable bonds is 1. The number of anilines is 1. The number of nitrogens with two attached hydrogens (primary N) is 1. The topological polar surface area (TPSA) is 76.7 Å². The predicted molar refractivity (Wildman–Crippen MR) is 71.1 cm³/mol. The average Bonchev–Trinajstić information content (AvgIpc) is 2.73. The minimum atomic E-state index is -4.55. The molecule has 21 heavy (non-hydrogen) atoms. The van der Waals surface area contributed by atoms with Gasteiger partial charge in [-0.25, -0.2) is 4.98 Å². The summed E-state index contributed by atoms with van der Waals surface area (Å²) in [5, 5.41) is 0. The van der Waals surface area contributed by atoms with Crippen molar-refractivity contribution in [3.05, 3.63) is 52.3 Å². The average molecular weight is 294 g/mol. The Labute approximate surface area is 115 Å². The minimum Gasteiger partial charge on any atom is -0.369 e. The van der Waals surface area contributed by atoms with Gasteiger partial charge >= 0.3 is 6.18 Å². The molecule has 0 atom stereocenters. The predicted octanol–water partition coefficient (Wildman–Crippen LogP) is 2.31. The third-order valence-electron chi connectivity index (χ3n) is 3.01. The molecule has 0 unspecified atom stereocenters. The van der Waals surface area contributed by atoms with Gasteiger partial charge in [0, 0.05) is 6.07 Å². The van der Waals surface area contributed by atoms with E-state index in [1.54, 1.807) is 0 Å². The van der Waals surface area contributed by atoms with Crippen molar-refractivity contribution >= 4 is 17.1 Å². The van der Waals surface area contributed by atoms with Gasteiger partial charge < -0.3 is 10.7 Å². The molecule has 0 radical (unpaired) electrons. The van der Waals surface area contributed by atoms with Crippen LogP contribution >= 0.6 is 0 Å². The van der Waals surface area contributed by atoms with Crippen molar-refractivity contribution in [1.29, 1.82) is 0 Å². The summed E-state index contributed by atoms with van der Waals surface area (Å²) in [4.78, 5) is 17.8. The van der Waals surface area contributed by atoms with Crippen LogP contribution in [0.1, 0.15) is 5.56 Å². The Balaban J connectivity index is 2.39. The lowest BCUT2D eigenvalue weighted by Crippen LogP contribution is -2.13. The summed E-state index contributed by atoms with van der Waals surface area (Å²) in [6, 6.07) is 7.58. The fourth-order valence-electron chi connectivity index (χ4n) is 2.16. The number of aromatic amines is 1. The molecule has 0 aliphatic carbocycles. The van der Waals surface area contributed by atoms with Crippen LogP contribution in [0.15, 0.2) is 41.2 Å². The standard InChI is InChI=1S/C13H9F3N4O/c14-13(15,16)7-3-1-2-4-9(7)20-11-8(18-12(20)17)5-6-10(21)19-11/h1-6H,(H2,17,18)(H,19,21). The van der Waals surface area contributed by atoms with E-state index in [4.69, 9.17) is 5.73 Å². The molecule has 5 nitrogen and oxygen atoms in total. The number of fused-ring (bicyclic) bond motifs is 1. The van der Waals surface area contributed by atoms with Crippen LogP contribution in [0.2, 0.25) is 0 Å². The number of hydrogen-bond donors (Lipinski definition) is 2. The Kier molecular flexibility index (Phi) is 2.75. The van der Waals surface area contributed by atoms with Crippen LogP contribution in [0, 0.1) is 0 Å². The van der Waals surface area contributed by atoms with Crippen LogP contribution in [-0.4, -0.2) is 14.5 Å². The summed E-state index contributed by atoms with van der Waals surface area (Å²) in [5.74, 6) is -0.136. The summed E-state index contributed by atoms with van der Waals surface area (Å²) in [6.07, 6.45) is -4.55. The van der Waals surface area contributed by atoms with Crippen molar-refractivity contribution in [3.8, 4) is 5.69 Å². The highest BCUT2D eigenvalue weighted by atomic mass is 19.4. The lowest BCUT2D eigenvalue weighted by molar-refractivity contribution is -0.137. The van der Waals surface area contributed by atoms with Crippen LogP contribution in [0.4, 0.5) is 19.1 Å². The highest BCUT2D eigenvalue weighted by Gasteiger charge is 2.34. The van der Waals surface area contributed by atoms with E-state index in [9.17, 15) is 18.0 Å². The van der Waals surface area contributed by atoms with E-state index >= 15 is 0 Å². The molecule has 1 aromatic carbocycles. The third kappa shape index (κ3) is 2.14. The van der Waals surface area contributed by atoms with Crippen molar-refractivity contribution in [3.63, 3.8) is 0 Å². The number of nitrogens with zero attached hydrogens (tertiary/aromatic N) is 2. The Morgan fingerprint density at radius 3 is 2.57 bits per heavy atom. The second-order valence-corrected chi connectivity index (χ2v) is 4.38. The van der Waals surface area contributed by atoms with E-state index in [0.717, 1.165) is 10.6 Å². The van der Waals surface area contributed by atoms with Crippen LogP contribution in [0.3, 0.4) is 0 Å². The molecule has 0 saturated heterocycles. The Morgan fingerprint density at radius 1 is 1.14 bits per heavy atom. The molecule has 0 bridgehead atoms. The van der Waals surface area contributed by atoms with E-state index in [1.165, 1.54) is 30.3 Å². The maximum atomic E-state index is 13.1. The molecule has 0 amide bonds. The summed E-state index contributed by atoms with van der Waals surface area (Å²) in [6.45, 7) is 0. The second-order valence-electron chi connectivity index (χ2n) is 4.38. The van der Waals surface area contributed by atoms with E-state index in [0.29, 0.717) is 5.52 Å². The van der Waals surface area contributed by atoms with Gasteiger partial charge in [-0.05, 0) is 18.2 Å². The molecular formula is C13H9F3N4O. The first-order valence-corrected chi connectivity index (χ1v) is 5.92. The quantitative estimate of drug-likeness (QED) is 0.723. The highest BCUT2D eigenvalue weighted by molar-refractivity contribution is 5.77. The van der Waals surface area contributed by atoms with Crippen molar-refractivity contribution in [2.45, 2.75) is 6.18 Å². The van der Waals surface area contributed by atoms with Gasteiger partial charge in [-0.3, -0.25) is 9.36 Å². The third-order valence-corrected chi connectivity index (χ3v) is 3.01. The van der Waals surface area contributed by atoms with Crippen molar-refractivity contribution in [2.24, 2.45) is 0 Å². The first-order chi connectivity index (χ1) is 9.88. The molecule has 0 saturated carbocycles. The lowest BCUT2D eigenvalue weighted by Gasteiger charge is -2.14. The number of hydrogen-bond acceptors (Lipinski definition) is 3. The summed E-state index contributed by atoms with van der Waals surface area (Å²) < 4.78 is 40.4. The Morgan fingerprint density at radius 2 is 1.86 bits per heavy atom. The Bertz CT molecular complexity index is 879. The maximum absolute atomic E-state index is 13.1. The van der Waals surface area contributed by atoms with E-state index in [1.807, 2.05) is 0 Å². The normalized spacial score (nSPS) is 12.0. The van der Waals surface area contributed by atoms with Gasteiger partial charge in [0.2, 0.25) is 11.5 Å². The molecule has 3 aromatic rings. The van der Waals surface area contributed by atoms with Crippen molar-refractivity contribution in [2.75, 3.05) is 5.73 Å². The number of alkyl halides is 3. The molecule has 8 heteroatoms. The number of para-hydroxylation sites is 1. The van der Waals surface area contributed by atoms with E-state index in [-0.39, 0.29) is 17.3 Å². The minimum absolute atomic E-state index is 0.122. The number of H-pyrrole nitrogens is 1. The highest BCUT2D eigenvalue weighted by Crippen LogP contribution is 2.35. The second kappa shape index (κ2) is 4.37. The number of imidazole rings is 1. The van der Waals surface area contributed by atoms with Gasteiger partial charge in [0.15, 0.2) is 0 Å². The summed E-state index contributed by atoms with van der Waals surface area (Å²) in [7, 11) is 0. The monoisotopic (exact) mass is 294 g/mol. The molecule has 3 N–H and O–H groups in total. The summed E-state index contributed by atoms with van der Waals surface area (Å²) in [5.41, 5.74) is 4.64. The maximum Gasteiger partial charge on any atom is 0.418 e. The molecule has 0 fully saturated rings.